The largest absolute Gasteiger partial charge is 0.319 e. The molecular weight excluding hydrogens is 226 g/mol. The lowest BCUT2D eigenvalue weighted by Crippen LogP contribution is -2.19. The van der Waals surface area contributed by atoms with Gasteiger partial charge in [-0.05, 0) is 23.3 Å². The van der Waals surface area contributed by atoms with Crippen LogP contribution < -0.4 is 5.32 Å². The number of anilines is 1. The third-order valence-electron chi connectivity index (χ3n) is 2.57. The molecule has 0 radical (unpaired) electrons. The number of Topliss-reactive ketones (excluding diaryl/α,β-unsaturated/α-hetero) is 1. The Labute approximate surface area is 105 Å². The minimum absolute atomic E-state index is 0.498. The average Bonchev–Trinajstić information content (AvgIpc) is 2.40. The number of rotatable bonds is 3. The van der Waals surface area contributed by atoms with Crippen LogP contribution in [0.25, 0.3) is 11.1 Å². The minimum Gasteiger partial charge on any atom is -0.319 e. The Morgan fingerprint density at radius 3 is 1.94 bits per heavy atom. The van der Waals surface area contributed by atoms with Crippen LogP contribution in [-0.4, -0.2) is 11.7 Å². The summed E-state index contributed by atoms with van der Waals surface area (Å²) in [6.07, 6.45) is 0. The molecule has 0 saturated carbocycles. The fourth-order valence-electron chi connectivity index (χ4n) is 1.60. The zero-order valence-corrected chi connectivity index (χ0v) is 10.0. The first kappa shape index (κ1) is 12.0. The number of ketones is 1. The lowest BCUT2D eigenvalue weighted by Gasteiger charge is -2.05. The van der Waals surface area contributed by atoms with E-state index in [4.69, 9.17) is 0 Å². The predicted octanol–water partition coefficient (Wildman–Crippen LogP) is 2.88. The Morgan fingerprint density at radius 1 is 0.833 bits per heavy atom. The van der Waals surface area contributed by atoms with Gasteiger partial charge in [0.05, 0.1) is 0 Å². The van der Waals surface area contributed by atoms with Gasteiger partial charge in [-0.25, -0.2) is 0 Å². The summed E-state index contributed by atoms with van der Waals surface area (Å²) >= 11 is 0. The summed E-state index contributed by atoms with van der Waals surface area (Å²) < 4.78 is 0. The van der Waals surface area contributed by atoms with Crippen molar-refractivity contribution in [3.05, 3.63) is 54.6 Å². The molecule has 0 aliphatic rings. The molecule has 0 spiro atoms. The molecule has 18 heavy (non-hydrogen) atoms. The van der Waals surface area contributed by atoms with Crippen LogP contribution >= 0.6 is 0 Å². The van der Waals surface area contributed by atoms with Crippen LogP contribution in [0.2, 0.25) is 0 Å². The number of benzene rings is 2. The molecule has 2 aromatic carbocycles. The van der Waals surface area contributed by atoms with Crippen molar-refractivity contribution < 1.29 is 9.59 Å². The van der Waals surface area contributed by atoms with Gasteiger partial charge in [-0.1, -0.05) is 42.5 Å². The molecule has 0 heterocycles. The van der Waals surface area contributed by atoms with Crippen molar-refractivity contribution in [3.63, 3.8) is 0 Å². The molecule has 2 rings (SSSR count). The van der Waals surface area contributed by atoms with Crippen molar-refractivity contribution in [2.75, 3.05) is 5.32 Å². The lowest BCUT2D eigenvalue weighted by atomic mass is 10.1. The molecule has 0 fully saturated rings. The van der Waals surface area contributed by atoms with E-state index in [2.05, 4.69) is 5.32 Å². The highest BCUT2D eigenvalue weighted by Gasteiger charge is 2.07. The van der Waals surface area contributed by atoms with E-state index in [9.17, 15) is 9.59 Å². The van der Waals surface area contributed by atoms with Crippen LogP contribution in [0.4, 0.5) is 5.69 Å². The van der Waals surface area contributed by atoms with Gasteiger partial charge in [0, 0.05) is 12.6 Å². The number of hydrogen-bond acceptors (Lipinski definition) is 2. The van der Waals surface area contributed by atoms with Crippen LogP contribution in [0.1, 0.15) is 6.92 Å². The second-order valence-electron chi connectivity index (χ2n) is 3.95. The van der Waals surface area contributed by atoms with Gasteiger partial charge in [-0.3, -0.25) is 9.59 Å². The summed E-state index contributed by atoms with van der Waals surface area (Å²) in [4.78, 5) is 22.0. The highest BCUT2D eigenvalue weighted by atomic mass is 16.2. The number of hydrogen-bond donors (Lipinski definition) is 1. The predicted molar refractivity (Wildman–Crippen MR) is 71.2 cm³/mol. The quantitative estimate of drug-likeness (QED) is 0.837. The molecule has 0 saturated heterocycles. The van der Waals surface area contributed by atoms with Crippen LogP contribution in [0.3, 0.4) is 0 Å². The molecule has 0 aliphatic carbocycles. The fraction of sp³-hybridized carbons (Fsp3) is 0.0667. The van der Waals surface area contributed by atoms with E-state index in [0.29, 0.717) is 5.69 Å². The van der Waals surface area contributed by atoms with Gasteiger partial charge >= 0.3 is 0 Å². The highest BCUT2D eigenvalue weighted by Crippen LogP contribution is 2.20. The number of carbonyl (C=O) groups excluding carboxylic acids is 2. The fourth-order valence-corrected chi connectivity index (χ4v) is 1.60. The van der Waals surface area contributed by atoms with E-state index >= 15 is 0 Å². The third kappa shape index (κ3) is 2.83. The van der Waals surface area contributed by atoms with Crippen molar-refractivity contribution in [3.8, 4) is 11.1 Å². The van der Waals surface area contributed by atoms with Gasteiger partial charge < -0.3 is 5.32 Å². The molecular formula is C15H13NO2. The molecule has 3 nitrogen and oxygen atoms in total. The summed E-state index contributed by atoms with van der Waals surface area (Å²) in [6.45, 7) is 1.24. The van der Waals surface area contributed by atoms with E-state index in [1.807, 2.05) is 42.5 Å². The number of amides is 1. The topological polar surface area (TPSA) is 46.2 Å². The van der Waals surface area contributed by atoms with Crippen LogP contribution in [0.15, 0.2) is 54.6 Å². The minimum atomic E-state index is -0.595. The van der Waals surface area contributed by atoms with Gasteiger partial charge in [0.25, 0.3) is 5.91 Å². The van der Waals surface area contributed by atoms with Crippen molar-refractivity contribution in [2.45, 2.75) is 6.92 Å². The Balaban J connectivity index is 2.16. The normalized spacial score (nSPS) is 9.83. The zero-order valence-electron chi connectivity index (χ0n) is 10.0. The summed E-state index contributed by atoms with van der Waals surface area (Å²) in [5.41, 5.74) is 2.80. The Hall–Kier alpha value is -2.42. The molecule has 90 valence electrons. The van der Waals surface area contributed by atoms with Crippen molar-refractivity contribution in [1.29, 1.82) is 0 Å². The Morgan fingerprint density at radius 2 is 1.39 bits per heavy atom. The summed E-state index contributed by atoms with van der Waals surface area (Å²) in [6, 6.07) is 17.3. The Kier molecular flexibility index (Phi) is 3.53. The monoisotopic (exact) mass is 239 g/mol. The van der Waals surface area contributed by atoms with Crippen LogP contribution in [-0.2, 0) is 9.59 Å². The molecule has 1 N–H and O–H groups in total. The lowest BCUT2D eigenvalue weighted by molar-refractivity contribution is -0.133. The van der Waals surface area contributed by atoms with E-state index in [1.165, 1.54) is 6.92 Å². The van der Waals surface area contributed by atoms with Gasteiger partial charge in [-0.2, -0.15) is 0 Å². The number of carbonyl (C=O) groups is 2. The maximum absolute atomic E-state index is 11.2. The van der Waals surface area contributed by atoms with Gasteiger partial charge in [0.15, 0.2) is 0 Å². The molecule has 0 atom stereocenters. The Bertz CT molecular complexity index is 559. The summed E-state index contributed by atoms with van der Waals surface area (Å²) in [5.74, 6) is -1.09. The second kappa shape index (κ2) is 5.27. The van der Waals surface area contributed by atoms with E-state index in [0.717, 1.165) is 11.1 Å². The zero-order chi connectivity index (χ0) is 13.0. The molecule has 0 aliphatic heterocycles. The SMILES string of the molecule is CC(=O)C(=O)Nc1ccc(-c2ccccc2)cc1. The van der Waals surface area contributed by atoms with E-state index < -0.39 is 11.7 Å². The standard InChI is InChI=1S/C15H13NO2/c1-11(17)15(18)16-14-9-7-13(8-10-14)12-5-3-2-4-6-12/h2-10H,1H3,(H,16,18). The molecule has 1 amide bonds. The molecule has 0 bridgehead atoms. The third-order valence-corrected chi connectivity index (χ3v) is 2.57. The first-order valence-corrected chi connectivity index (χ1v) is 5.64. The van der Waals surface area contributed by atoms with Crippen molar-refractivity contribution in [1.82, 2.24) is 0 Å². The average molecular weight is 239 g/mol. The smallest absolute Gasteiger partial charge is 0.291 e. The second-order valence-corrected chi connectivity index (χ2v) is 3.95. The molecule has 0 aromatic heterocycles. The van der Waals surface area contributed by atoms with Gasteiger partial charge in [0.2, 0.25) is 5.78 Å². The van der Waals surface area contributed by atoms with Crippen LogP contribution in [0.5, 0.6) is 0 Å². The maximum atomic E-state index is 11.2. The van der Waals surface area contributed by atoms with Crippen LogP contribution in [0, 0.1) is 0 Å². The van der Waals surface area contributed by atoms with Gasteiger partial charge in [-0.15, -0.1) is 0 Å². The summed E-state index contributed by atoms with van der Waals surface area (Å²) in [7, 11) is 0. The van der Waals surface area contributed by atoms with E-state index in [-0.39, 0.29) is 0 Å². The summed E-state index contributed by atoms with van der Waals surface area (Å²) in [5, 5.41) is 2.53. The molecule has 3 heteroatoms. The molecule has 2 aromatic rings. The maximum Gasteiger partial charge on any atom is 0.291 e. The first-order valence-electron chi connectivity index (χ1n) is 5.64. The van der Waals surface area contributed by atoms with Crippen molar-refractivity contribution in [2.24, 2.45) is 0 Å². The highest BCUT2D eigenvalue weighted by molar-refractivity contribution is 6.39. The van der Waals surface area contributed by atoms with Crippen molar-refractivity contribution >= 4 is 17.4 Å². The number of nitrogens with one attached hydrogen (secondary N) is 1. The van der Waals surface area contributed by atoms with Gasteiger partial charge in [0.1, 0.15) is 0 Å². The molecule has 0 unspecified atom stereocenters. The van der Waals surface area contributed by atoms with E-state index in [1.54, 1.807) is 12.1 Å². The first-order chi connectivity index (χ1) is 8.66.